The fourth-order valence-corrected chi connectivity index (χ4v) is 5.41. The fraction of sp³-hybridized carbons (Fsp3) is 0.423. The molecule has 7 nitrogen and oxygen atoms in total. The lowest BCUT2D eigenvalue weighted by Gasteiger charge is -2.42. The number of carbonyl (C=O) groups is 1. The Morgan fingerprint density at radius 3 is 2.70 bits per heavy atom. The normalized spacial score (nSPS) is 22.8. The minimum atomic E-state index is -0.346. The highest BCUT2D eigenvalue weighted by atomic mass is 16.5. The van der Waals surface area contributed by atoms with Crippen LogP contribution >= 0.6 is 0 Å². The zero-order chi connectivity index (χ0) is 22.8. The Bertz CT molecular complexity index is 1120. The SMILES string of the molecule is CCOc1ccccc1C(=O)N1CC[C@H]2CN(Cc3ccccc3)C[C@@]2(c2noc(C)n2)C1. The van der Waals surface area contributed by atoms with Crippen molar-refractivity contribution in [3.8, 4) is 5.75 Å². The van der Waals surface area contributed by atoms with Gasteiger partial charge in [0.2, 0.25) is 5.89 Å². The van der Waals surface area contributed by atoms with Gasteiger partial charge in [0.05, 0.1) is 17.6 Å². The Balaban J connectivity index is 1.44. The molecule has 3 aromatic rings. The molecule has 172 valence electrons. The average Bonchev–Trinajstić information content (AvgIpc) is 3.43. The number of rotatable bonds is 6. The van der Waals surface area contributed by atoms with Crippen LogP contribution in [0.25, 0.3) is 0 Å². The monoisotopic (exact) mass is 446 g/mol. The number of hydrogen-bond donors (Lipinski definition) is 0. The van der Waals surface area contributed by atoms with E-state index in [0.717, 1.165) is 31.9 Å². The van der Waals surface area contributed by atoms with E-state index in [-0.39, 0.29) is 11.3 Å². The molecule has 2 aromatic carbocycles. The van der Waals surface area contributed by atoms with Crippen molar-refractivity contribution in [2.45, 2.75) is 32.2 Å². The molecule has 5 rings (SSSR count). The van der Waals surface area contributed by atoms with Gasteiger partial charge in [0, 0.05) is 39.6 Å². The lowest BCUT2D eigenvalue weighted by Crippen LogP contribution is -2.54. The van der Waals surface area contributed by atoms with Crippen LogP contribution in [0.3, 0.4) is 0 Å². The van der Waals surface area contributed by atoms with Gasteiger partial charge in [0.15, 0.2) is 5.82 Å². The van der Waals surface area contributed by atoms with E-state index in [4.69, 9.17) is 9.26 Å². The number of para-hydroxylation sites is 1. The minimum absolute atomic E-state index is 0.00130. The largest absolute Gasteiger partial charge is 0.493 e. The summed E-state index contributed by atoms with van der Waals surface area (Å²) in [6, 6.07) is 18.0. The number of benzene rings is 2. The molecule has 2 aliphatic heterocycles. The number of amides is 1. The van der Waals surface area contributed by atoms with Gasteiger partial charge >= 0.3 is 0 Å². The van der Waals surface area contributed by atoms with Crippen molar-refractivity contribution >= 4 is 5.91 Å². The fourth-order valence-electron chi connectivity index (χ4n) is 5.41. The standard InChI is InChI=1S/C26H30N4O3/c1-3-32-23-12-8-7-11-22(23)24(31)30-14-13-21-16-29(15-20-9-5-4-6-10-20)17-26(21,18-30)25-27-19(2)33-28-25/h4-12,21H,3,13-18H2,1-2H3/t21-,26+/m0/s1. The third-order valence-electron chi connectivity index (χ3n) is 6.91. The summed E-state index contributed by atoms with van der Waals surface area (Å²) in [6.45, 7) is 8.18. The molecule has 2 atom stereocenters. The van der Waals surface area contributed by atoms with Crippen molar-refractivity contribution in [3.05, 3.63) is 77.4 Å². The second-order valence-electron chi connectivity index (χ2n) is 9.09. The molecule has 0 N–H and O–H groups in total. The molecule has 1 amide bonds. The summed E-state index contributed by atoms with van der Waals surface area (Å²) in [7, 11) is 0. The third-order valence-corrected chi connectivity index (χ3v) is 6.91. The van der Waals surface area contributed by atoms with Crippen LogP contribution in [-0.4, -0.2) is 58.6 Å². The second kappa shape index (κ2) is 8.98. The van der Waals surface area contributed by atoms with E-state index in [1.54, 1.807) is 0 Å². The maximum absolute atomic E-state index is 13.6. The second-order valence-corrected chi connectivity index (χ2v) is 9.09. The maximum Gasteiger partial charge on any atom is 0.257 e. The van der Waals surface area contributed by atoms with Crippen molar-refractivity contribution in [2.24, 2.45) is 5.92 Å². The van der Waals surface area contributed by atoms with Crippen LogP contribution in [-0.2, 0) is 12.0 Å². The van der Waals surface area contributed by atoms with E-state index < -0.39 is 0 Å². The van der Waals surface area contributed by atoms with Crippen LogP contribution in [0.5, 0.6) is 5.75 Å². The van der Waals surface area contributed by atoms with E-state index in [1.807, 2.05) is 49.1 Å². The molecule has 1 aromatic heterocycles. The van der Waals surface area contributed by atoms with Gasteiger partial charge in [-0.25, -0.2) is 0 Å². The maximum atomic E-state index is 13.6. The predicted octanol–water partition coefficient (Wildman–Crippen LogP) is 3.69. The van der Waals surface area contributed by atoms with Gasteiger partial charge in [-0.2, -0.15) is 4.98 Å². The average molecular weight is 447 g/mol. The molecular formula is C26H30N4O3. The van der Waals surface area contributed by atoms with E-state index in [9.17, 15) is 4.79 Å². The summed E-state index contributed by atoms with van der Waals surface area (Å²) in [4.78, 5) is 22.7. The molecule has 0 spiro atoms. The quantitative estimate of drug-likeness (QED) is 0.575. The Labute approximate surface area is 194 Å². The van der Waals surface area contributed by atoms with E-state index >= 15 is 0 Å². The number of nitrogens with zero attached hydrogens (tertiary/aromatic N) is 4. The highest BCUT2D eigenvalue weighted by molar-refractivity contribution is 5.97. The summed E-state index contributed by atoms with van der Waals surface area (Å²) in [5.41, 5.74) is 1.55. The van der Waals surface area contributed by atoms with Crippen LogP contribution in [0.1, 0.15) is 41.0 Å². The van der Waals surface area contributed by atoms with Gasteiger partial charge in [-0.15, -0.1) is 0 Å². The zero-order valence-corrected chi connectivity index (χ0v) is 19.2. The summed E-state index contributed by atoms with van der Waals surface area (Å²) < 4.78 is 11.1. The Morgan fingerprint density at radius 1 is 1.15 bits per heavy atom. The Kier molecular flexibility index (Phi) is 5.89. The van der Waals surface area contributed by atoms with Gasteiger partial charge in [-0.1, -0.05) is 47.6 Å². The number of likely N-dealkylation sites (tertiary alicyclic amines) is 2. The molecule has 2 fully saturated rings. The first-order valence-electron chi connectivity index (χ1n) is 11.7. The van der Waals surface area contributed by atoms with Crippen molar-refractivity contribution in [1.29, 1.82) is 0 Å². The van der Waals surface area contributed by atoms with Crippen LogP contribution in [0.4, 0.5) is 0 Å². The molecule has 0 aliphatic carbocycles. The number of aromatic nitrogens is 2. The van der Waals surface area contributed by atoms with Crippen molar-refractivity contribution in [3.63, 3.8) is 0 Å². The lowest BCUT2D eigenvalue weighted by atomic mass is 9.72. The summed E-state index contributed by atoms with van der Waals surface area (Å²) in [5, 5.41) is 4.35. The minimum Gasteiger partial charge on any atom is -0.493 e. The zero-order valence-electron chi connectivity index (χ0n) is 19.2. The number of piperidine rings is 1. The van der Waals surface area contributed by atoms with Gasteiger partial charge in [-0.05, 0) is 37.0 Å². The molecule has 0 bridgehead atoms. The molecule has 0 unspecified atom stereocenters. The van der Waals surface area contributed by atoms with Crippen LogP contribution < -0.4 is 4.74 Å². The number of aryl methyl sites for hydroxylation is 1. The van der Waals surface area contributed by atoms with Crippen molar-refractivity contribution < 1.29 is 14.1 Å². The summed E-state index contributed by atoms with van der Waals surface area (Å²) >= 11 is 0. The molecular weight excluding hydrogens is 416 g/mol. The smallest absolute Gasteiger partial charge is 0.257 e. The lowest BCUT2D eigenvalue weighted by molar-refractivity contribution is 0.0570. The van der Waals surface area contributed by atoms with Crippen molar-refractivity contribution in [1.82, 2.24) is 19.9 Å². The molecule has 0 radical (unpaired) electrons. The first-order valence-corrected chi connectivity index (χ1v) is 11.7. The van der Waals surface area contributed by atoms with E-state index in [1.165, 1.54) is 5.56 Å². The predicted molar refractivity (Wildman–Crippen MR) is 124 cm³/mol. The van der Waals surface area contributed by atoms with Gasteiger partial charge in [0.25, 0.3) is 5.91 Å². The molecule has 7 heteroatoms. The van der Waals surface area contributed by atoms with Gasteiger partial charge < -0.3 is 14.2 Å². The number of carbonyl (C=O) groups excluding carboxylic acids is 1. The first-order chi connectivity index (χ1) is 16.1. The highest BCUT2D eigenvalue weighted by Crippen LogP contribution is 2.44. The first kappa shape index (κ1) is 21.6. The number of ether oxygens (including phenoxy) is 1. The topological polar surface area (TPSA) is 71.7 Å². The summed E-state index contributed by atoms with van der Waals surface area (Å²) in [6.07, 6.45) is 0.904. The van der Waals surface area contributed by atoms with Gasteiger partial charge in [-0.3, -0.25) is 9.69 Å². The molecule has 0 saturated carbocycles. The van der Waals surface area contributed by atoms with E-state index in [2.05, 4.69) is 39.3 Å². The van der Waals surface area contributed by atoms with Crippen molar-refractivity contribution in [2.75, 3.05) is 32.8 Å². The van der Waals surface area contributed by atoms with Gasteiger partial charge in [0.1, 0.15) is 5.75 Å². The highest BCUT2D eigenvalue weighted by Gasteiger charge is 2.54. The molecule has 33 heavy (non-hydrogen) atoms. The molecule has 2 saturated heterocycles. The Hall–Kier alpha value is -3.19. The third kappa shape index (κ3) is 4.13. The van der Waals surface area contributed by atoms with Crippen LogP contribution in [0.15, 0.2) is 59.1 Å². The molecule has 3 heterocycles. The molecule has 2 aliphatic rings. The summed E-state index contributed by atoms with van der Waals surface area (Å²) in [5.74, 6) is 2.28. The van der Waals surface area contributed by atoms with Crippen LogP contribution in [0, 0.1) is 12.8 Å². The van der Waals surface area contributed by atoms with Crippen LogP contribution in [0.2, 0.25) is 0 Å². The number of fused-ring (bicyclic) bond motifs is 1. The number of hydrogen-bond acceptors (Lipinski definition) is 6. The Morgan fingerprint density at radius 2 is 1.94 bits per heavy atom. The van der Waals surface area contributed by atoms with E-state index in [0.29, 0.717) is 42.8 Å².